The van der Waals surface area contributed by atoms with Gasteiger partial charge in [0.05, 0.1) is 0 Å². The number of nitrogens with one attached hydrogen (secondary N) is 2. The highest BCUT2D eigenvalue weighted by atomic mass is 32.2. The van der Waals surface area contributed by atoms with Crippen molar-refractivity contribution < 1.29 is 9.59 Å². The molecule has 0 fully saturated rings. The fourth-order valence-electron chi connectivity index (χ4n) is 1.78. The van der Waals surface area contributed by atoms with Gasteiger partial charge in [-0.25, -0.2) is 0 Å². The Labute approximate surface area is 124 Å². The summed E-state index contributed by atoms with van der Waals surface area (Å²) in [5.41, 5.74) is 0.847. The van der Waals surface area contributed by atoms with Gasteiger partial charge in [0.15, 0.2) is 0 Å². The first-order valence-electron chi connectivity index (χ1n) is 6.80. The van der Waals surface area contributed by atoms with Crippen molar-refractivity contribution in [1.29, 1.82) is 0 Å². The van der Waals surface area contributed by atoms with Crippen LogP contribution in [0.5, 0.6) is 0 Å². The highest BCUT2D eigenvalue weighted by Crippen LogP contribution is 2.19. The molecule has 0 unspecified atom stereocenters. The predicted molar refractivity (Wildman–Crippen MR) is 84.0 cm³/mol. The summed E-state index contributed by atoms with van der Waals surface area (Å²) in [5.74, 6) is 0.0409. The largest absolute Gasteiger partial charge is 0.356 e. The summed E-state index contributed by atoms with van der Waals surface area (Å²) in [4.78, 5) is 23.6. The first-order valence-corrected chi connectivity index (χ1v) is 8.02. The fraction of sp³-hybridized carbons (Fsp3) is 0.467. The van der Waals surface area contributed by atoms with Crippen molar-refractivity contribution in [3.8, 4) is 0 Å². The molecule has 0 bridgehead atoms. The molecule has 0 saturated heterocycles. The first-order chi connectivity index (χ1) is 9.61. The molecule has 0 aliphatic heterocycles. The molecule has 0 radical (unpaired) electrons. The van der Waals surface area contributed by atoms with E-state index in [1.54, 1.807) is 11.8 Å². The highest BCUT2D eigenvalue weighted by molar-refractivity contribution is 7.98. The van der Waals surface area contributed by atoms with Gasteiger partial charge in [-0.1, -0.05) is 12.5 Å². The van der Waals surface area contributed by atoms with E-state index in [2.05, 4.69) is 10.6 Å². The lowest BCUT2D eigenvalue weighted by Gasteiger charge is -2.06. The van der Waals surface area contributed by atoms with Crippen LogP contribution in [0.15, 0.2) is 29.2 Å². The van der Waals surface area contributed by atoms with Gasteiger partial charge in [-0.2, -0.15) is 0 Å². The second kappa shape index (κ2) is 9.42. The van der Waals surface area contributed by atoms with Crippen molar-refractivity contribution in [2.75, 3.05) is 18.1 Å². The number of carbonyl (C=O) groups is 2. The zero-order chi connectivity index (χ0) is 14.8. The molecule has 4 nitrogen and oxygen atoms in total. The third-order valence-electron chi connectivity index (χ3n) is 2.81. The van der Waals surface area contributed by atoms with E-state index in [9.17, 15) is 9.59 Å². The number of thioether (sulfide) groups is 1. The fourth-order valence-corrected chi connectivity index (χ4v) is 2.24. The van der Waals surface area contributed by atoms with Crippen LogP contribution < -0.4 is 10.6 Å². The Bertz CT molecular complexity index is 449. The number of hydrogen-bond donors (Lipinski definition) is 2. The summed E-state index contributed by atoms with van der Waals surface area (Å²) in [6.45, 7) is 2.20. The Morgan fingerprint density at radius 3 is 2.70 bits per heavy atom. The molecule has 0 spiro atoms. The topological polar surface area (TPSA) is 58.2 Å². The van der Waals surface area contributed by atoms with Crippen molar-refractivity contribution in [3.63, 3.8) is 0 Å². The molecule has 0 atom stereocenters. The second-order valence-electron chi connectivity index (χ2n) is 4.57. The summed E-state index contributed by atoms with van der Waals surface area (Å²) in [7, 11) is 0. The summed E-state index contributed by atoms with van der Waals surface area (Å²) in [6.07, 6.45) is 5.22. The quantitative estimate of drug-likeness (QED) is 0.572. The molecule has 1 rings (SSSR count). The van der Waals surface area contributed by atoms with Gasteiger partial charge >= 0.3 is 0 Å². The third-order valence-corrected chi connectivity index (χ3v) is 3.53. The van der Waals surface area contributed by atoms with Crippen LogP contribution in [0.4, 0.5) is 5.69 Å². The molecule has 2 N–H and O–H groups in total. The highest BCUT2D eigenvalue weighted by Gasteiger charge is 2.03. The summed E-state index contributed by atoms with van der Waals surface area (Å²) in [6, 6.07) is 7.82. The number of anilines is 1. The van der Waals surface area contributed by atoms with E-state index in [0.717, 1.165) is 29.8 Å². The van der Waals surface area contributed by atoms with Crippen LogP contribution in [0.25, 0.3) is 0 Å². The van der Waals surface area contributed by atoms with Gasteiger partial charge in [-0.05, 0) is 37.3 Å². The van der Waals surface area contributed by atoms with Crippen molar-refractivity contribution >= 4 is 29.3 Å². The van der Waals surface area contributed by atoms with Crippen LogP contribution in [0.3, 0.4) is 0 Å². The van der Waals surface area contributed by atoms with E-state index >= 15 is 0 Å². The van der Waals surface area contributed by atoms with Crippen LogP contribution in [0.1, 0.15) is 32.6 Å². The van der Waals surface area contributed by atoms with Crippen LogP contribution >= 0.6 is 11.8 Å². The van der Waals surface area contributed by atoms with Crippen molar-refractivity contribution in [2.24, 2.45) is 0 Å². The molecule has 0 aliphatic rings. The third kappa shape index (κ3) is 7.19. The van der Waals surface area contributed by atoms with Crippen LogP contribution in [-0.4, -0.2) is 24.6 Å². The maximum Gasteiger partial charge on any atom is 0.224 e. The predicted octanol–water partition coefficient (Wildman–Crippen LogP) is 3.04. The number of hydrogen-bond acceptors (Lipinski definition) is 3. The van der Waals surface area contributed by atoms with E-state index in [1.165, 1.54) is 6.92 Å². The smallest absolute Gasteiger partial charge is 0.224 e. The van der Waals surface area contributed by atoms with E-state index in [-0.39, 0.29) is 11.8 Å². The Kier molecular flexibility index (Phi) is 7.80. The molecule has 0 aliphatic carbocycles. The Hall–Kier alpha value is -1.49. The van der Waals surface area contributed by atoms with Gasteiger partial charge in [0, 0.05) is 30.5 Å². The van der Waals surface area contributed by atoms with Crippen LogP contribution in [-0.2, 0) is 9.59 Å². The molecule has 1 aromatic rings. The number of unbranched alkanes of at least 4 members (excludes halogenated alkanes) is 2. The first kappa shape index (κ1) is 16.6. The van der Waals surface area contributed by atoms with E-state index in [4.69, 9.17) is 0 Å². The summed E-state index contributed by atoms with van der Waals surface area (Å²) < 4.78 is 0. The average Bonchev–Trinajstić information content (AvgIpc) is 2.42. The van der Waals surface area contributed by atoms with E-state index in [0.29, 0.717) is 13.0 Å². The minimum Gasteiger partial charge on any atom is -0.356 e. The Balaban J connectivity index is 2.18. The number of rotatable bonds is 8. The molecule has 0 aromatic heterocycles. The van der Waals surface area contributed by atoms with E-state index < -0.39 is 0 Å². The standard InChI is InChI=1S/C15H22N2O2S/c1-12(18)16-10-5-3-4-9-15(19)17-13-7-6-8-14(11-13)20-2/h6-8,11H,3-5,9-10H2,1-2H3,(H,16,18)(H,17,19). The monoisotopic (exact) mass is 294 g/mol. The SMILES string of the molecule is CSc1cccc(NC(=O)CCCCCNC(C)=O)c1. The lowest BCUT2D eigenvalue weighted by atomic mass is 10.2. The summed E-state index contributed by atoms with van der Waals surface area (Å²) >= 11 is 1.65. The molecule has 110 valence electrons. The maximum atomic E-state index is 11.8. The van der Waals surface area contributed by atoms with Crippen LogP contribution in [0, 0.1) is 0 Å². The number of carbonyl (C=O) groups excluding carboxylic acids is 2. The second-order valence-corrected chi connectivity index (χ2v) is 5.45. The van der Waals surface area contributed by atoms with Gasteiger partial charge in [-0.15, -0.1) is 11.8 Å². The molecule has 2 amide bonds. The molecule has 0 saturated carbocycles. The maximum absolute atomic E-state index is 11.8. The van der Waals surface area contributed by atoms with Gasteiger partial charge in [0.1, 0.15) is 0 Å². The zero-order valence-electron chi connectivity index (χ0n) is 12.1. The molecular formula is C15H22N2O2S. The van der Waals surface area contributed by atoms with Gasteiger partial charge in [0.2, 0.25) is 11.8 Å². The lowest BCUT2D eigenvalue weighted by molar-refractivity contribution is -0.119. The average molecular weight is 294 g/mol. The summed E-state index contributed by atoms with van der Waals surface area (Å²) in [5, 5.41) is 5.65. The Morgan fingerprint density at radius 1 is 1.20 bits per heavy atom. The van der Waals surface area contributed by atoms with Gasteiger partial charge in [0.25, 0.3) is 0 Å². The molecule has 5 heteroatoms. The number of benzene rings is 1. The van der Waals surface area contributed by atoms with Crippen molar-refractivity contribution in [3.05, 3.63) is 24.3 Å². The van der Waals surface area contributed by atoms with E-state index in [1.807, 2.05) is 30.5 Å². The molecule has 0 heterocycles. The van der Waals surface area contributed by atoms with Crippen molar-refractivity contribution in [1.82, 2.24) is 5.32 Å². The lowest BCUT2D eigenvalue weighted by Crippen LogP contribution is -2.20. The van der Waals surface area contributed by atoms with Crippen LogP contribution in [0.2, 0.25) is 0 Å². The normalized spacial score (nSPS) is 10.1. The number of amides is 2. The minimum absolute atomic E-state index is 0.00332. The minimum atomic E-state index is -0.00332. The Morgan fingerprint density at radius 2 is 2.00 bits per heavy atom. The molecule has 20 heavy (non-hydrogen) atoms. The molecule has 1 aromatic carbocycles. The van der Waals surface area contributed by atoms with Crippen molar-refractivity contribution in [2.45, 2.75) is 37.5 Å². The molecular weight excluding hydrogens is 272 g/mol. The van der Waals surface area contributed by atoms with Gasteiger partial charge < -0.3 is 10.6 Å². The zero-order valence-corrected chi connectivity index (χ0v) is 12.9. The van der Waals surface area contributed by atoms with Gasteiger partial charge in [-0.3, -0.25) is 9.59 Å².